The van der Waals surface area contributed by atoms with E-state index in [2.05, 4.69) is 5.32 Å². The minimum Gasteiger partial charge on any atom is -0.372 e. The number of benzene rings is 1. The number of piperidine rings is 1. The van der Waals surface area contributed by atoms with E-state index in [1.165, 1.54) is 12.1 Å². The molecule has 1 N–H and O–H groups in total. The quantitative estimate of drug-likeness (QED) is 0.901. The molecule has 1 aliphatic rings. The van der Waals surface area contributed by atoms with Crippen molar-refractivity contribution < 1.29 is 17.9 Å². The van der Waals surface area contributed by atoms with Gasteiger partial charge >= 0.3 is 6.18 Å². The van der Waals surface area contributed by atoms with E-state index in [9.17, 15) is 13.2 Å². The first kappa shape index (κ1) is 13.4. The SMILES string of the molecule is FC(F)(F)c1ccc(COC2CCCNC2)cc1. The summed E-state index contributed by atoms with van der Waals surface area (Å²) in [5.74, 6) is 0. The summed E-state index contributed by atoms with van der Waals surface area (Å²) in [6, 6.07) is 5.13. The summed E-state index contributed by atoms with van der Waals surface area (Å²) in [6.07, 6.45) is -2.01. The summed E-state index contributed by atoms with van der Waals surface area (Å²) in [7, 11) is 0. The third-order valence-corrected chi connectivity index (χ3v) is 3.02. The second kappa shape index (κ2) is 5.71. The lowest BCUT2D eigenvalue weighted by Gasteiger charge is -2.23. The van der Waals surface area contributed by atoms with Crippen molar-refractivity contribution in [1.29, 1.82) is 0 Å². The van der Waals surface area contributed by atoms with E-state index in [4.69, 9.17) is 4.74 Å². The Kier molecular flexibility index (Phi) is 4.24. The fourth-order valence-electron chi connectivity index (χ4n) is 1.97. The van der Waals surface area contributed by atoms with Crippen LogP contribution in [0.15, 0.2) is 24.3 Å². The van der Waals surface area contributed by atoms with Gasteiger partial charge in [0.15, 0.2) is 0 Å². The fraction of sp³-hybridized carbons (Fsp3) is 0.538. The van der Waals surface area contributed by atoms with Gasteiger partial charge in [0.25, 0.3) is 0 Å². The molecule has 1 unspecified atom stereocenters. The number of nitrogens with one attached hydrogen (secondary N) is 1. The summed E-state index contributed by atoms with van der Waals surface area (Å²) in [5.41, 5.74) is 0.152. The highest BCUT2D eigenvalue weighted by atomic mass is 19.4. The van der Waals surface area contributed by atoms with Gasteiger partial charge in [0.05, 0.1) is 18.3 Å². The standard InChI is InChI=1S/C13H16F3NO/c14-13(15,16)11-5-3-10(4-6-11)9-18-12-2-1-7-17-8-12/h3-6,12,17H,1-2,7-9H2. The predicted molar refractivity (Wildman–Crippen MR) is 62.1 cm³/mol. The molecule has 0 aromatic heterocycles. The van der Waals surface area contributed by atoms with Crippen LogP contribution in [0, 0.1) is 0 Å². The number of hydrogen-bond acceptors (Lipinski definition) is 2. The monoisotopic (exact) mass is 259 g/mol. The second-order valence-corrected chi connectivity index (χ2v) is 4.47. The molecule has 0 saturated carbocycles. The van der Waals surface area contributed by atoms with Gasteiger partial charge in [-0.2, -0.15) is 13.2 Å². The first-order valence-electron chi connectivity index (χ1n) is 6.04. The number of ether oxygens (including phenoxy) is 1. The molecular formula is C13H16F3NO. The molecule has 100 valence electrons. The maximum atomic E-state index is 12.4. The molecule has 2 rings (SSSR count). The first-order valence-corrected chi connectivity index (χ1v) is 6.04. The highest BCUT2D eigenvalue weighted by molar-refractivity contribution is 5.24. The highest BCUT2D eigenvalue weighted by Gasteiger charge is 2.29. The Hall–Kier alpha value is -1.07. The zero-order valence-corrected chi connectivity index (χ0v) is 9.96. The zero-order chi connectivity index (χ0) is 13.0. The van der Waals surface area contributed by atoms with Gasteiger partial charge in [-0.05, 0) is 37.1 Å². The molecule has 1 fully saturated rings. The molecule has 5 heteroatoms. The van der Waals surface area contributed by atoms with Crippen LogP contribution in [0.4, 0.5) is 13.2 Å². The molecule has 2 nitrogen and oxygen atoms in total. The maximum absolute atomic E-state index is 12.4. The molecule has 1 aliphatic heterocycles. The minimum absolute atomic E-state index is 0.168. The van der Waals surface area contributed by atoms with Gasteiger partial charge in [0.1, 0.15) is 0 Å². The third kappa shape index (κ3) is 3.71. The molecular weight excluding hydrogens is 243 g/mol. The summed E-state index contributed by atoms with van der Waals surface area (Å²) < 4.78 is 42.7. The number of alkyl halides is 3. The largest absolute Gasteiger partial charge is 0.416 e. The lowest BCUT2D eigenvalue weighted by Crippen LogP contribution is -2.35. The fourth-order valence-corrected chi connectivity index (χ4v) is 1.97. The molecule has 0 spiro atoms. The minimum atomic E-state index is -4.27. The Labute approximate surface area is 104 Å². The normalized spacial score (nSPS) is 20.9. The van der Waals surface area contributed by atoms with Gasteiger partial charge in [0, 0.05) is 6.54 Å². The smallest absolute Gasteiger partial charge is 0.372 e. The van der Waals surface area contributed by atoms with Gasteiger partial charge in [-0.3, -0.25) is 0 Å². The Morgan fingerprint density at radius 3 is 2.50 bits per heavy atom. The summed E-state index contributed by atoms with van der Waals surface area (Å²) in [6.45, 7) is 2.20. The number of rotatable bonds is 3. The van der Waals surface area contributed by atoms with Crippen LogP contribution in [0.5, 0.6) is 0 Å². The molecule has 1 heterocycles. The topological polar surface area (TPSA) is 21.3 Å². The molecule has 1 atom stereocenters. The number of halogens is 3. The van der Waals surface area contributed by atoms with Gasteiger partial charge in [-0.25, -0.2) is 0 Å². The number of hydrogen-bond donors (Lipinski definition) is 1. The van der Waals surface area contributed by atoms with Crippen LogP contribution in [0.25, 0.3) is 0 Å². The van der Waals surface area contributed by atoms with Crippen LogP contribution >= 0.6 is 0 Å². The van der Waals surface area contributed by atoms with E-state index in [0.717, 1.165) is 43.6 Å². The third-order valence-electron chi connectivity index (χ3n) is 3.02. The average Bonchev–Trinajstić information content (AvgIpc) is 2.37. The molecule has 1 saturated heterocycles. The van der Waals surface area contributed by atoms with Gasteiger partial charge in [-0.15, -0.1) is 0 Å². The molecule has 1 aromatic rings. The Morgan fingerprint density at radius 2 is 1.94 bits per heavy atom. The van der Waals surface area contributed by atoms with Crippen molar-refractivity contribution >= 4 is 0 Å². The van der Waals surface area contributed by atoms with Crippen molar-refractivity contribution in [3.8, 4) is 0 Å². The lowest BCUT2D eigenvalue weighted by atomic mass is 10.1. The van der Waals surface area contributed by atoms with Crippen LogP contribution < -0.4 is 5.32 Å². The molecule has 18 heavy (non-hydrogen) atoms. The summed E-state index contributed by atoms with van der Waals surface area (Å²) >= 11 is 0. The van der Waals surface area contributed by atoms with Crippen LogP contribution in [0.1, 0.15) is 24.0 Å². The van der Waals surface area contributed by atoms with E-state index in [-0.39, 0.29) is 6.10 Å². The van der Waals surface area contributed by atoms with Gasteiger partial charge < -0.3 is 10.1 Å². The van der Waals surface area contributed by atoms with Crippen LogP contribution in [-0.4, -0.2) is 19.2 Å². The maximum Gasteiger partial charge on any atom is 0.416 e. The van der Waals surface area contributed by atoms with Crippen LogP contribution in [-0.2, 0) is 17.5 Å². The van der Waals surface area contributed by atoms with Crippen LogP contribution in [0.2, 0.25) is 0 Å². The van der Waals surface area contributed by atoms with Crippen molar-refractivity contribution in [2.45, 2.75) is 31.7 Å². The van der Waals surface area contributed by atoms with E-state index in [1.54, 1.807) is 0 Å². The molecule has 0 radical (unpaired) electrons. The predicted octanol–water partition coefficient (Wildman–Crippen LogP) is 2.97. The Morgan fingerprint density at radius 1 is 1.22 bits per heavy atom. The Bertz CT molecular complexity index is 369. The average molecular weight is 259 g/mol. The lowest BCUT2D eigenvalue weighted by molar-refractivity contribution is -0.137. The van der Waals surface area contributed by atoms with E-state index < -0.39 is 11.7 Å². The van der Waals surface area contributed by atoms with Gasteiger partial charge in [0.2, 0.25) is 0 Å². The molecule has 1 aromatic carbocycles. The van der Waals surface area contributed by atoms with Crippen molar-refractivity contribution in [2.24, 2.45) is 0 Å². The molecule has 0 aliphatic carbocycles. The van der Waals surface area contributed by atoms with E-state index in [1.807, 2.05) is 0 Å². The van der Waals surface area contributed by atoms with Crippen molar-refractivity contribution in [3.63, 3.8) is 0 Å². The molecule has 0 amide bonds. The van der Waals surface area contributed by atoms with Crippen molar-refractivity contribution in [2.75, 3.05) is 13.1 Å². The Balaban J connectivity index is 1.86. The first-order chi connectivity index (χ1) is 8.55. The van der Waals surface area contributed by atoms with Crippen LogP contribution in [0.3, 0.4) is 0 Å². The van der Waals surface area contributed by atoms with Crippen molar-refractivity contribution in [3.05, 3.63) is 35.4 Å². The van der Waals surface area contributed by atoms with E-state index in [0.29, 0.717) is 6.61 Å². The second-order valence-electron chi connectivity index (χ2n) is 4.47. The van der Waals surface area contributed by atoms with Crippen molar-refractivity contribution in [1.82, 2.24) is 5.32 Å². The van der Waals surface area contributed by atoms with E-state index >= 15 is 0 Å². The highest BCUT2D eigenvalue weighted by Crippen LogP contribution is 2.29. The summed E-state index contributed by atoms with van der Waals surface area (Å²) in [5, 5.41) is 3.23. The zero-order valence-electron chi connectivity index (χ0n) is 9.96. The van der Waals surface area contributed by atoms with Gasteiger partial charge in [-0.1, -0.05) is 12.1 Å². The summed E-state index contributed by atoms with van der Waals surface area (Å²) in [4.78, 5) is 0. The molecule has 0 bridgehead atoms.